The summed E-state index contributed by atoms with van der Waals surface area (Å²) in [6.07, 6.45) is 14.2. The van der Waals surface area contributed by atoms with Crippen molar-refractivity contribution in [3.05, 3.63) is 81.9 Å². The van der Waals surface area contributed by atoms with E-state index in [1.807, 2.05) is 6.92 Å². The molecule has 8 nitrogen and oxygen atoms in total. The quantitative estimate of drug-likeness (QED) is 0.621. The molecule has 1 N–H and O–H groups in total. The molecular formula is C23H26N6O2. The fraction of sp³-hybridized carbons (Fsp3) is 0.348. The number of carbonyl (C=O) groups excluding carboxylic acids is 1. The van der Waals surface area contributed by atoms with Gasteiger partial charge in [-0.05, 0) is 50.7 Å². The molecule has 0 fully saturated rings. The molecule has 160 valence electrons. The first kappa shape index (κ1) is 20.7. The van der Waals surface area contributed by atoms with Crippen molar-refractivity contribution in [2.75, 3.05) is 5.32 Å². The fourth-order valence-electron chi connectivity index (χ4n) is 3.77. The standard InChI is InChI=1S/C23H26N6O2/c1-16-9-11-28(15-19-13-24-17(2)12-25-19)23(31)21(16)22(30)27-20-8-10-26-29(20)14-18-6-4-3-5-7-18/h3-4,8-13,18H,5-7,14-15H2,1-2H3,(H,27,30). The summed E-state index contributed by atoms with van der Waals surface area (Å²) >= 11 is 0. The average molecular weight is 419 g/mol. The predicted octanol–water partition coefficient (Wildman–Crippen LogP) is 3.11. The summed E-state index contributed by atoms with van der Waals surface area (Å²) in [6.45, 7) is 4.60. The summed E-state index contributed by atoms with van der Waals surface area (Å²) in [6, 6.07) is 3.53. The Morgan fingerprint density at radius 2 is 2.06 bits per heavy atom. The van der Waals surface area contributed by atoms with E-state index in [4.69, 9.17) is 0 Å². The molecule has 1 atom stereocenters. The maximum Gasteiger partial charge on any atom is 0.264 e. The second-order valence-corrected chi connectivity index (χ2v) is 7.96. The zero-order valence-electron chi connectivity index (χ0n) is 17.8. The molecule has 0 spiro atoms. The molecule has 31 heavy (non-hydrogen) atoms. The first-order chi connectivity index (χ1) is 15.0. The van der Waals surface area contributed by atoms with E-state index >= 15 is 0 Å². The summed E-state index contributed by atoms with van der Waals surface area (Å²) in [7, 11) is 0. The van der Waals surface area contributed by atoms with E-state index in [2.05, 4.69) is 32.5 Å². The monoisotopic (exact) mass is 418 g/mol. The van der Waals surface area contributed by atoms with Crippen molar-refractivity contribution >= 4 is 11.7 Å². The van der Waals surface area contributed by atoms with E-state index < -0.39 is 5.91 Å². The number of aryl methyl sites for hydroxylation is 2. The third kappa shape index (κ3) is 4.79. The van der Waals surface area contributed by atoms with E-state index in [1.165, 1.54) is 4.57 Å². The van der Waals surface area contributed by atoms with Crippen LogP contribution in [0.3, 0.4) is 0 Å². The zero-order valence-corrected chi connectivity index (χ0v) is 17.8. The zero-order chi connectivity index (χ0) is 21.8. The SMILES string of the molecule is Cc1cnc(Cn2ccc(C)c(C(=O)Nc3ccnn3CC3CC=CCC3)c2=O)cn1. The van der Waals surface area contributed by atoms with Gasteiger partial charge in [0.15, 0.2) is 0 Å². The first-order valence-corrected chi connectivity index (χ1v) is 10.5. The number of hydrogen-bond donors (Lipinski definition) is 1. The number of pyridine rings is 1. The molecule has 1 amide bonds. The van der Waals surface area contributed by atoms with Gasteiger partial charge in [0.25, 0.3) is 11.5 Å². The molecule has 0 saturated carbocycles. The second kappa shape index (κ2) is 9.07. The smallest absolute Gasteiger partial charge is 0.264 e. The third-order valence-corrected chi connectivity index (χ3v) is 5.53. The minimum absolute atomic E-state index is 0.121. The predicted molar refractivity (Wildman–Crippen MR) is 118 cm³/mol. The Morgan fingerprint density at radius 1 is 1.19 bits per heavy atom. The van der Waals surface area contributed by atoms with E-state index in [9.17, 15) is 9.59 Å². The topological polar surface area (TPSA) is 94.7 Å². The molecule has 1 aliphatic carbocycles. The maximum absolute atomic E-state index is 13.1. The van der Waals surface area contributed by atoms with Gasteiger partial charge in [-0.1, -0.05) is 12.2 Å². The Kier molecular flexibility index (Phi) is 6.06. The largest absolute Gasteiger partial charge is 0.309 e. The van der Waals surface area contributed by atoms with Crippen LogP contribution >= 0.6 is 0 Å². The Bertz CT molecular complexity index is 1160. The second-order valence-electron chi connectivity index (χ2n) is 7.96. The van der Waals surface area contributed by atoms with Crippen LogP contribution in [0.15, 0.2) is 53.9 Å². The van der Waals surface area contributed by atoms with Crippen molar-refractivity contribution in [1.82, 2.24) is 24.3 Å². The van der Waals surface area contributed by atoms with E-state index in [0.29, 0.717) is 23.0 Å². The van der Waals surface area contributed by atoms with Crippen LogP contribution in [0.4, 0.5) is 5.82 Å². The number of anilines is 1. The van der Waals surface area contributed by atoms with Gasteiger partial charge in [0.1, 0.15) is 11.4 Å². The van der Waals surface area contributed by atoms with Crippen molar-refractivity contribution in [2.24, 2.45) is 5.92 Å². The van der Waals surface area contributed by atoms with Crippen molar-refractivity contribution in [3.8, 4) is 0 Å². The van der Waals surface area contributed by atoms with E-state index in [0.717, 1.165) is 31.5 Å². The molecule has 1 unspecified atom stereocenters. The van der Waals surface area contributed by atoms with E-state index in [1.54, 1.807) is 48.5 Å². The van der Waals surface area contributed by atoms with Gasteiger partial charge in [0.2, 0.25) is 0 Å². The number of aromatic nitrogens is 5. The van der Waals surface area contributed by atoms with Crippen molar-refractivity contribution in [2.45, 2.75) is 46.2 Å². The number of rotatable bonds is 6. The maximum atomic E-state index is 13.1. The Morgan fingerprint density at radius 3 is 2.81 bits per heavy atom. The average Bonchev–Trinajstić information content (AvgIpc) is 3.19. The minimum atomic E-state index is -0.433. The molecule has 0 aliphatic heterocycles. The number of nitrogens with zero attached hydrogens (tertiary/aromatic N) is 5. The minimum Gasteiger partial charge on any atom is -0.309 e. The normalized spacial score (nSPS) is 15.7. The molecule has 4 rings (SSSR count). The molecule has 3 aromatic rings. The van der Waals surface area contributed by atoms with Crippen molar-refractivity contribution in [1.29, 1.82) is 0 Å². The van der Waals surface area contributed by atoms with Crippen LogP contribution in [0.2, 0.25) is 0 Å². The van der Waals surface area contributed by atoms with Crippen LogP contribution in [-0.2, 0) is 13.1 Å². The summed E-state index contributed by atoms with van der Waals surface area (Å²) in [5, 5.41) is 7.24. The van der Waals surface area contributed by atoms with Crippen LogP contribution in [0, 0.1) is 19.8 Å². The molecular weight excluding hydrogens is 392 g/mol. The number of allylic oxidation sites excluding steroid dienone is 2. The highest BCUT2D eigenvalue weighted by Gasteiger charge is 2.19. The van der Waals surface area contributed by atoms with Crippen LogP contribution in [0.5, 0.6) is 0 Å². The van der Waals surface area contributed by atoms with Crippen LogP contribution in [-0.4, -0.2) is 30.2 Å². The van der Waals surface area contributed by atoms with Gasteiger partial charge >= 0.3 is 0 Å². The molecule has 1 aliphatic rings. The van der Waals surface area contributed by atoms with Crippen LogP contribution < -0.4 is 10.9 Å². The number of hydrogen-bond acceptors (Lipinski definition) is 5. The lowest BCUT2D eigenvalue weighted by atomic mass is 9.94. The van der Waals surface area contributed by atoms with E-state index in [-0.39, 0.29) is 17.7 Å². The summed E-state index contributed by atoms with van der Waals surface area (Å²) in [4.78, 5) is 34.6. The van der Waals surface area contributed by atoms with Gasteiger partial charge in [-0.3, -0.25) is 19.6 Å². The van der Waals surface area contributed by atoms with Gasteiger partial charge < -0.3 is 9.88 Å². The van der Waals surface area contributed by atoms with Crippen molar-refractivity contribution < 1.29 is 4.79 Å². The van der Waals surface area contributed by atoms with Gasteiger partial charge in [0, 0.05) is 25.0 Å². The Balaban J connectivity index is 1.54. The number of amides is 1. The van der Waals surface area contributed by atoms with Gasteiger partial charge in [-0.15, -0.1) is 0 Å². The lowest BCUT2D eigenvalue weighted by molar-refractivity contribution is 0.102. The Labute approximate surface area is 180 Å². The molecule has 0 radical (unpaired) electrons. The van der Waals surface area contributed by atoms with Gasteiger partial charge in [-0.2, -0.15) is 5.10 Å². The van der Waals surface area contributed by atoms with Crippen LogP contribution in [0.25, 0.3) is 0 Å². The van der Waals surface area contributed by atoms with Gasteiger partial charge in [0.05, 0.1) is 30.3 Å². The highest BCUT2D eigenvalue weighted by atomic mass is 16.2. The summed E-state index contributed by atoms with van der Waals surface area (Å²) in [5.41, 5.74) is 1.85. The molecule has 3 aromatic heterocycles. The molecule has 8 heteroatoms. The van der Waals surface area contributed by atoms with Gasteiger partial charge in [-0.25, -0.2) is 4.68 Å². The summed E-state index contributed by atoms with van der Waals surface area (Å²) < 4.78 is 3.29. The molecule has 0 aromatic carbocycles. The lowest BCUT2D eigenvalue weighted by Gasteiger charge is -2.19. The Hall–Kier alpha value is -3.55. The van der Waals surface area contributed by atoms with Crippen LogP contribution in [0.1, 0.15) is 46.6 Å². The lowest BCUT2D eigenvalue weighted by Crippen LogP contribution is -2.31. The molecule has 0 saturated heterocycles. The fourth-order valence-corrected chi connectivity index (χ4v) is 3.77. The highest BCUT2D eigenvalue weighted by Crippen LogP contribution is 2.21. The number of nitrogens with one attached hydrogen (secondary N) is 1. The third-order valence-electron chi connectivity index (χ3n) is 5.53. The first-order valence-electron chi connectivity index (χ1n) is 10.5. The highest BCUT2D eigenvalue weighted by molar-refractivity contribution is 6.04. The molecule has 3 heterocycles. The molecule has 0 bridgehead atoms. The number of carbonyl (C=O) groups is 1. The summed E-state index contributed by atoms with van der Waals surface area (Å²) in [5.74, 6) is 0.655. The van der Waals surface area contributed by atoms with Crippen molar-refractivity contribution in [3.63, 3.8) is 0 Å².